The van der Waals surface area contributed by atoms with E-state index in [1.165, 1.54) is 19.3 Å². The van der Waals surface area contributed by atoms with Crippen LogP contribution in [-0.2, 0) is 42.4 Å². The molecule has 0 aromatic carbocycles. The smallest absolute Gasteiger partial charge is 0 e. The van der Waals surface area contributed by atoms with Crippen molar-refractivity contribution in [3.63, 3.8) is 0 Å². The topological polar surface area (TPSA) is 0 Å². The van der Waals surface area contributed by atoms with E-state index in [-0.39, 0.29) is 43.6 Å². The summed E-state index contributed by atoms with van der Waals surface area (Å²) in [6.07, 6.45) is 0. The molecule has 0 nitrogen and oxygen atoms in total. The van der Waals surface area contributed by atoms with Gasteiger partial charge in [-0.05, 0) is 0 Å². The van der Waals surface area contributed by atoms with Gasteiger partial charge in [0.15, 0.2) is 17.4 Å². The molecule has 2 radical (unpaired) electrons. The van der Waals surface area contributed by atoms with E-state index >= 15 is 0 Å². The van der Waals surface area contributed by atoms with Crippen molar-refractivity contribution in [3.05, 3.63) is 0 Å². The summed E-state index contributed by atoms with van der Waals surface area (Å²) < 4.78 is 0. The number of hydrogen-bond donors (Lipinski definition) is 0. The Morgan fingerprint density at radius 2 is 1.25 bits per heavy atom. The zero-order chi connectivity index (χ0) is 2.00. The van der Waals surface area contributed by atoms with Gasteiger partial charge in [0, 0.05) is 26.2 Å². The molecule has 0 aromatic rings. The van der Waals surface area contributed by atoms with E-state index in [1.54, 1.807) is 0 Å². The first kappa shape index (κ1) is 15.8. The first-order valence-electron chi connectivity index (χ1n) is 0.236. The van der Waals surface area contributed by atoms with Crippen LogP contribution in [0.2, 0.25) is 0 Å². The van der Waals surface area contributed by atoms with E-state index < -0.39 is 0 Å². The van der Waals surface area contributed by atoms with Gasteiger partial charge in [-0.15, -0.1) is 0 Å². The summed E-state index contributed by atoms with van der Waals surface area (Å²) in [5.74, 6) is 0. The molecule has 0 N–H and O–H groups in total. The second-order valence-electron chi connectivity index (χ2n) is 0. The van der Waals surface area contributed by atoms with Crippen molar-refractivity contribution < 1.29 is 42.4 Å². The maximum atomic E-state index is 2.08. The molecule has 0 aliphatic carbocycles. The SMILES string of the molecule is [AlH3].[Mo][SnH].[Zr]. The summed E-state index contributed by atoms with van der Waals surface area (Å²) in [4.78, 5) is 0. The Morgan fingerprint density at radius 1 is 1.25 bits per heavy atom. The van der Waals surface area contributed by atoms with Crippen molar-refractivity contribution in [3.8, 4) is 0 Å². The van der Waals surface area contributed by atoms with Crippen LogP contribution in [0.5, 0.6) is 0 Å². The van der Waals surface area contributed by atoms with E-state index in [1.807, 2.05) is 0 Å². The average molecular weight is 337 g/mol. The van der Waals surface area contributed by atoms with Gasteiger partial charge in [0.25, 0.3) is 0 Å². The first-order chi connectivity index (χ1) is 1.00. The Morgan fingerprint density at radius 3 is 1.25 bits per heavy atom. The van der Waals surface area contributed by atoms with E-state index in [4.69, 9.17) is 0 Å². The minimum atomic E-state index is 0. The average Bonchev–Trinajstić information content (AvgIpc) is 1.00. The Labute approximate surface area is 77.4 Å². The van der Waals surface area contributed by atoms with Crippen LogP contribution in [0.1, 0.15) is 0 Å². The molecule has 0 unspecified atom stereocenters. The molecular weight excluding hydrogens is 333 g/mol. The molecule has 0 saturated heterocycles. The quantitative estimate of drug-likeness (QED) is 0.456. The predicted octanol–water partition coefficient (Wildman–Crippen LogP) is -1.84. The van der Waals surface area contributed by atoms with Gasteiger partial charge < -0.3 is 0 Å². The molecule has 0 amide bonds. The van der Waals surface area contributed by atoms with E-state index in [0.29, 0.717) is 0 Å². The van der Waals surface area contributed by atoms with Crippen LogP contribution in [0.25, 0.3) is 0 Å². The predicted molar refractivity (Wildman–Crippen MR) is 17.1 cm³/mol. The Kier molecular flexibility index (Phi) is 66.5. The van der Waals surface area contributed by atoms with Crippen LogP contribution < -0.4 is 0 Å². The Balaban J connectivity index is -0.00000000500. The van der Waals surface area contributed by atoms with Gasteiger partial charge in [0.05, 0.1) is 0 Å². The fraction of sp³-hybridized carbons (Fsp3) is 0. The molecule has 0 fully saturated rings. The molecule has 0 aliphatic rings. The molecule has 0 atom stereocenters. The summed E-state index contributed by atoms with van der Waals surface area (Å²) in [5.41, 5.74) is 0. The maximum absolute atomic E-state index is 2.08. The molecule has 0 rings (SSSR count). The fourth-order valence-electron chi connectivity index (χ4n) is 0. The zero-order valence-electron chi connectivity index (χ0n) is 1.49. The van der Waals surface area contributed by atoms with Gasteiger partial charge in [-0.2, -0.15) is 0 Å². The van der Waals surface area contributed by atoms with Gasteiger partial charge in [0.1, 0.15) is 0 Å². The van der Waals surface area contributed by atoms with E-state index in [2.05, 4.69) is 16.1 Å². The zero-order valence-corrected chi connectivity index (χ0v) is 9.25. The van der Waals surface area contributed by atoms with Crippen molar-refractivity contribution >= 4 is 36.7 Å². The van der Waals surface area contributed by atoms with Crippen LogP contribution in [-0.4, -0.2) is 36.7 Å². The van der Waals surface area contributed by atoms with E-state index in [9.17, 15) is 0 Å². The molecule has 21 valence electrons. The monoisotopic (exact) mass is 339 g/mol. The van der Waals surface area contributed by atoms with Gasteiger partial charge >= 0.3 is 35.4 Å². The van der Waals surface area contributed by atoms with Gasteiger partial charge in [-0.1, -0.05) is 0 Å². The summed E-state index contributed by atoms with van der Waals surface area (Å²) in [5, 5.41) is 0. The van der Waals surface area contributed by atoms with Crippen molar-refractivity contribution in [1.29, 1.82) is 0 Å². The molecule has 4 heteroatoms. The van der Waals surface area contributed by atoms with E-state index in [0.717, 1.165) is 0 Å². The Bertz CT molecular complexity index is 8.00. The second-order valence-corrected chi connectivity index (χ2v) is 0. The standard InChI is InChI=1S/Al.Mo.Sn.Zr.4H. The fourth-order valence-corrected chi connectivity index (χ4v) is 0. The molecule has 0 saturated carbocycles. The second kappa shape index (κ2) is 16.8. The summed E-state index contributed by atoms with van der Waals surface area (Å²) in [7, 11) is 0. The molecule has 0 spiro atoms. The third-order valence-electron chi connectivity index (χ3n) is 0. The van der Waals surface area contributed by atoms with Crippen LogP contribution in [0.4, 0.5) is 0 Å². The summed E-state index contributed by atoms with van der Waals surface area (Å²) >= 11 is 3.44. The van der Waals surface area contributed by atoms with Crippen LogP contribution in [0, 0.1) is 0 Å². The largest absolute Gasteiger partial charge is 0 e. The van der Waals surface area contributed by atoms with Crippen LogP contribution >= 0.6 is 0 Å². The molecule has 0 aromatic heterocycles. The normalized spacial score (nSPS) is 1.25. The van der Waals surface area contributed by atoms with Crippen LogP contribution in [0.3, 0.4) is 0 Å². The van der Waals surface area contributed by atoms with Crippen molar-refractivity contribution in [2.45, 2.75) is 0 Å². The van der Waals surface area contributed by atoms with Gasteiger partial charge in [-0.25, -0.2) is 0 Å². The van der Waals surface area contributed by atoms with Crippen molar-refractivity contribution in [2.24, 2.45) is 0 Å². The van der Waals surface area contributed by atoms with Crippen molar-refractivity contribution in [1.82, 2.24) is 0 Å². The molecule has 0 bridgehead atoms. The molecular formula is H4AlMoSnZr. The van der Waals surface area contributed by atoms with Crippen molar-refractivity contribution in [2.75, 3.05) is 0 Å². The molecule has 0 heterocycles. The minimum Gasteiger partial charge on any atom is 0 e. The number of hydrogen-bond acceptors (Lipinski definition) is 0. The molecule has 0 aliphatic heterocycles. The first-order valence-corrected chi connectivity index (χ1v) is 9.35. The minimum absolute atomic E-state index is 0. The third-order valence-corrected chi connectivity index (χ3v) is 0. The molecule has 4 heavy (non-hydrogen) atoms. The summed E-state index contributed by atoms with van der Waals surface area (Å²) in [6.45, 7) is 0. The number of rotatable bonds is 0. The Hall–Kier alpha value is 2.90. The summed E-state index contributed by atoms with van der Waals surface area (Å²) in [6, 6.07) is 0. The van der Waals surface area contributed by atoms with Crippen LogP contribution in [0.15, 0.2) is 0 Å². The maximum Gasteiger partial charge on any atom is 0 e. The van der Waals surface area contributed by atoms with Gasteiger partial charge in [-0.3, -0.25) is 0 Å². The third kappa shape index (κ3) is 8.86. The van der Waals surface area contributed by atoms with Gasteiger partial charge in [0.2, 0.25) is 0 Å².